The standard InChI is InChI=1S/C41H80N10O5/c1-3-5-7-9-22-37(52)46-26-15-16-32-51(33-19-27-47-38(53)23-10-8-6-4-2)39(54)34-50(30-17-28-48-40(55)35(44)20-11-13-24-42)31-18-29-49-41(56)36(45)21-12-14-25-43/h5-8,35-36H,3-4,9-34,42-45H2,1-2H3,(H,46,52)(H,47,53)(H,48,55)(H,49,56)/b7-5-,8-6-/t35-,36-/m0/s1. The van der Waals surface area contributed by atoms with Gasteiger partial charge >= 0.3 is 0 Å². The van der Waals surface area contributed by atoms with Gasteiger partial charge in [-0.3, -0.25) is 28.9 Å². The molecule has 0 bridgehead atoms. The molecule has 0 heterocycles. The maximum absolute atomic E-state index is 13.9. The number of carbonyl (C=O) groups excluding carboxylic acids is 5. The number of nitrogens with one attached hydrogen (secondary N) is 4. The largest absolute Gasteiger partial charge is 0.356 e. The monoisotopic (exact) mass is 793 g/mol. The van der Waals surface area contributed by atoms with E-state index >= 15 is 0 Å². The zero-order valence-electron chi connectivity index (χ0n) is 35.0. The topological polar surface area (TPSA) is 244 Å². The summed E-state index contributed by atoms with van der Waals surface area (Å²) in [5.41, 5.74) is 23.2. The molecule has 0 aromatic rings. The van der Waals surface area contributed by atoms with E-state index in [-0.39, 0.29) is 36.1 Å². The molecule has 0 saturated carbocycles. The summed E-state index contributed by atoms with van der Waals surface area (Å²) in [7, 11) is 0. The minimum Gasteiger partial charge on any atom is -0.356 e. The Labute approximate surface area is 338 Å². The molecule has 0 rings (SSSR count). The molecule has 15 heteroatoms. The average Bonchev–Trinajstić information content (AvgIpc) is 3.18. The highest BCUT2D eigenvalue weighted by molar-refractivity contribution is 5.82. The first-order chi connectivity index (χ1) is 27.1. The normalized spacial score (nSPS) is 12.6. The maximum Gasteiger partial charge on any atom is 0.236 e. The smallest absolute Gasteiger partial charge is 0.236 e. The molecule has 0 radical (unpaired) electrons. The molecule has 0 saturated heterocycles. The molecule has 12 N–H and O–H groups in total. The van der Waals surface area contributed by atoms with E-state index in [4.69, 9.17) is 22.9 Å². The Morgan fingerprint density at radius 3 is 1.43 bits per heavy atom. The summed E-state index contributed by atoms with van der Waals surface area (Å²) < 4.78 is 0. The molecule has 0 fully saturated rings. The van der Waals surface area contributed by atoms with Crippen LogP contribution in [0.25, 0.3) is 0 Å². The molecular formula is C41H80N10O5. The molecule has 324 valence electrons. The average molecular weight is 793 g/mol. The van der Waals surface area contributed by atoms with Gasteiger partial charge in [0.15, 0.2) is 0 Å². The van der Waals surface area contributed by atoms with Crippen LogP contribution in [0.5, 0.6) is 0 Å². The number of nitrogens with zero attached hydrogens (tertiary/aromatic N) is 2. The van der Waals surface area contributed by atoms with Gasteiger partial charge in [-0.25, -0.2) is 0 Å². The Balaban J connectivity index is 5.41. The van der Waals surface area contributed by atoms with Crippen LogP contribution in [0.4, 0.5) is 0 Å². The number of rotatable bonds is 37. The number of hydrogen-bond donors (Lipinski definition) is 8. The van der Waals surface area contributed by atoms with Crippen LogP contribution >= 0.6 is 0 Å². The van der Waals surface area contributed by atoms with Crippen molar-refractivity contribution in [2.24, 2.45) is 22.9 Å². The van der Waals surface area contributed by atoms with Crippen LogP contribution < -0.4 is 44.2 Å². The summed E-state index contributed by atoms with van der Waals surface area (Å²) in [6.45, 7) is 9.36. The van der Waals surface area contributed by atoms with Gasteiger partial charge in [0.2, 0.25) is 29.5 Å². The van der Waals surface area contributed by atoms with Crippen LogP contribution in [0.15, 0.2) is 24.3 Å². The van der Waals surface area contributed by atoms with Crippen molar-refractivity contribution in [3.63, 3.8) is 0 Å². The van der Waals surface area contributed by atoms with Crippen molar-refractivity contribution in [2.75, 3.05) is 72.0 Å². The quantitative estimate of drug-likeness (QED) is 0.0336. The third-order valence-corrected chi connectivity index (χ3v) is 9.21. The van der Waals surface area contributed by atoms with Gasteiger partial charge in [-0.15, -0.1) is 0 Å². The van der Waals surface area contributed by atoms with E-state index in [2.05, 4.69) is 46.1 Å². The summed E-state index contributed by atoms with van der Waals surface area (Å²) in [6.07, 6.45) is 20.0. The second-order valence-corrected chi connectivity index (χ2v) is 14.3. The van der Waals surface area contributed by atoms with Gasteiger partial charge in [0, 0.05) is 65.2 Å². The van der Waals surface area contributed by atoms with Crippen LogP contribution in [0.2, 0.25) is 0 Å². The molecule has 0 aromatic heterocycles. The highest BCUT2D eigenvalue weighted by Crippen LogP contribution is 2.05. The summed E-state index contributed by atoms with van der Waals surface area (Å²) in [6, 6.07) is -1.17. The van der Waals surface area contributed by atoms with Crippen LogP contribution in [-0.4, -0.2) is 123 Å². The molecule has 0 aliphatic carbocycles. The van der Waals surface area contributed by atoms with E-state index in [1.807, 2.05) is 23.1 Å². The van der Waals surface area contributed by atoms with Crippen LogP contribution in [0.1, 0.15) is 123 Å². The Bertz CT molecular complexity index is 1070. The third-order valence-electron chi connectivity index (χ3n) is 9.21. The Morgan fingerprint density at radius 2 is 0.964 bits per heavy atom. The van der Waals surface area contributed by atoms with Crippen molar-refractivity contribution in [1.29, 1.82) is 0 Å². The number of unbranched alkanes of at least 4 members (excludes halogenated alkanes) is 3. The molecule has 0 aliphatic heterocycles. The maximum atomic E-state index is 13.9. The van der Waals surface area contributed by atoms with E-state index in [1.54, 1.807) is 0 Å². The highest BCUT2D eigenvalue weighted by Gasteiger charge is 2.19. The second kappa shape index (κ2) is 37.2. The molecule has 0 aromatic carbocycles. The fourth-order valence-electron chi connectivity index (χ4n) is 5.82. The minimum atomic E-state index is -0.586. The van der Waals surface area contributed by atoms with Gasteiger partial charge in [0.25, 0.3) is 0 Å². The van der Waals surface area contributed by atoms with Crippen molar-refractivity contribution >= 4 is 29.5 Å². The SMILES string of the molecule is CC/C=C\CCC(=O)NCCCCN(CCCNC(=O)CC/C=C\CC)C(=O)CN(CCCNC(=O)[C@@H](N)CCCCN)CCCNC(=O)[C@@H](N)CCCCN. The predicted molar refractivity (Wildman–Crippen MR) is 227 cm³/mol. The Hall–Kier alpha value is -3.37. The van der Waals surface area contributed by atoms with Crippen molar-refractivity contribution in [3.8, 4) is 0 Å². The number of amides is 5. The molecule has 0 unspecified atom stereocenters. The zero-order valence-corrected chi connectivity index (χ0v) is 35.0. The van der Waals surface area contributed by atoms with Crippen molar-refractivity contribution in [1.82, 2.24) is 31.1 Å². The molecule has 56 heavy (non-hydrogen) atoms. The van der Waals surface area contributed by atoms with Crippen molar-refractivity contribution in [2.45, 2.75) is 135 Å². The van der Waals surface area contributed by atoms with Gasteiger partial charge < -0.3 is 49.1 Å². The van der Waals surface area contributed by atoms with Crippen LogP contribution in [0.3, 0.4) is 0 Å². The van der Waals surface area contributed by atoms with Crippen LogP contribution in [-0.2, 0) is 24.0 Å². The lowest BCUT2D eigenvalue weighted by atomic mass is 10.1. The Kier molecular flexibility index (Phi) is 35.0. The first-order valence-electron chi connectivity index (χ1n) is 21.4. The summed E-state index contributed by atoms with van der Waals surface area (Å²) in [4.78, 5) is 67.3. The van der Waals surface area contributed by atoms with Crippen molar-refractivity contribution in [3.05, 3.63) is 24.3 Å². The van der Waals surface area contributed by atoms with Gasteiger partial charge in [0.05, 0.1) is 18.6 Å². The van der Waals surface area contributed by atoms with Gasteiger partial charge in [-0.1, -0.05) is 51.0 Å². The second-order valence-electron chi connectivity index (χ2n) is 14.3. The van der Waals surface area contributed by atoms with E-state index in [0.717, 1.165) is 44.9 Å². The van der Waals surface area contributed by atoms with Crippen LogP contribution in [0, 0.1) is 0 Å². The first-order valence-corrected chi connectivity index (χ1v) is 21.4. The van der Waals surface area contributed by atoms with E-state index < -0.39 is 12.1 Å². The highest BCUT2D eigenvalue weighted by atomic mass is 16.2. The lowest BCUT2D eigenvalue weighted by Gasteiger charge is -2.28. The number of allylic oxidation sites excluding steroid dienone is 4. The molecule has 5 amide bonds. The number of nitrogens with two attached hydrogens (primary N) is 4. The number of carbonyl (C=O) groups is 5. The third kappa shape index (κ3) is 30.8. The van der Waals surface area contributed by atoms with Gasteiger partial charge in [-0.05, 0) is 96.6 Å². The molecule has 15 nitrogen and oxygen atoms in total. The lowest BCUT2D eigenvalue weighted by Crippen LogP contribution is -2.45. The fraction of sp³-hybridized carbons (Fsp3) is 0.780. The molecule has 2 atom stereocenters. The van der Waals surface area contributed by atoms with E-state index in [9.17, 15) is 24.0 Å². The summed E-state index contributed by atoms with van der Waals surface area (Å²) in [5, 5.41) is 11.8. The molecule has 0 spiro atoms. The van der Waals surface area contributed by atoms with Gasteiger partial charge in [0.1, 0.15) is 0 Å². The molecular weight excluding hydrogens is 713 g/mol. The summed E-state index contributed by atoms with van der Waals surface area (Å²) >= 11 is 0. The van der Waals surface area contributed by atoms with E-state index in [0.29, 0.717) is 130 Å². The Morgan fingerprint density at radius 1 is 0.536 bits per heavy atom. The van der Waals surface area contributed by atoms with E-state index in [1.165, 1.54) is 0 Å². The van der Waals surface area contributed by atoms with Gasteiger partial charge in [-0.2, -0.15) is 0 Å². The van der Waals surface area contributed by atoms with Crippen molar-refractivity contribution < 1.29 is 24.0 Å². The lowest BCUT2D eigenvalue weighted by molar-refractivity contribution is -0.133. The zero-order chi connectivity index (χ0) is 41.7. The first kappa shape index (κ1) is 52.6. The number of hydrogen-bond acceptors (Lipinski definition) is 10. The predicted octanol–water partition coefficient (Wildman–Crippen LogP) is 1.94. The summed E-state index contributed by atoms with van der Waals surface area (Å²) in [5.74, 6) is -0.428. The fourth-order valence-corrected chi connectivity index (χ4v) is 5.82. The molecule has 0 aliphatic rings. The minimum absolute atomic E-state index is 0.0112.